The van der Waals surface area contributed by atoms with Gasteiger partial charge in [0.05, 0.1) is 23.4 Å². The Morgan fingerprint density at radius 2 is 1.76 bits per heavy atom. The first-order chi connectivity index (χ1) is 16.1. The number of hydrogen-bond acceptors (Lipinski definition) is 4. The molecule has 1 aliphatic rings. The van der Waals surface area contributed by atoms with Crippen molar-refractivity contribution in [3.8, 4) is 0 Å². The SMILES string of the molecule is Cc1ccc(Cn2nc(C)c(C(=O)N3CCCN(c4ccc(C(F)(F)F)cn4)CC3)c2Cl)cc1. The van der Waals surface area contributed by atoms with Crippen LogP contribution < -0.4 is 4.90 Å². The predicted octanol–water partition coefficient (Wildman–Crippen LogP) is 4.97. The lowest BCUT2D eigenvalue weighted by atomic mass is 10.1. The summed E-state index contributed by atoms with van der Waals surface area (Å²) >= 11 is 6.58. The van der Waals surface area contributed by atoms with Gasteiger partial charge in [0.25, 0.3) is 5.91 Å². The number of carbonyl (C=O) groups excluding carboxylic acids is 1. The van der Waals surface area contributed by atoms with Gasteiger partial charge in [-0.15, -0.1) is 0 Å². The molecular formula is C24H25ClF3N5O. The Kier molecular flexibility index (Phi) is 6.84. The molecule has 0 spiro atoms. The fourth-order valence-corrected chi connectivity index (χ4v) is 4.33. The number of halogens is 4. The van der Waals surface area contributed by atoms with E-state index in [1.165, 1.54) is 6.07 Å². The number of alkyl halides is 3. The van der Waals surface area contributed by atoms with Crippen LogP contribution in [0.4, 0.5) is 19.0 Å². The average molecular weight is 492 g/mol. The summed E-state index contributed by atoms with van der Waals surface area (Å²) in [6.45, 7) is 6.19. The maximum absolute atomic E-state index is 13.3. The number of carbonyl (C=O) groups is 1. The average Bonchev–Trinajstić information content (AvgIpc) is 2.96. The third-order valence-corrected chi connectivity index (χ3v) is 6.30. The van der Waals surface area contributed by atoms with Gasteiger partial charge in [0.15, 0.2) is 0 Å². The van der Waals surface area contributed by atoms with E-state index in [2.05, 4.69) is 10.1 Å². The smallest absolute Gasteiger partial charge is 0.355 e. The van der Waals surface area contributed by atoms with Gasteiger partial charge in [0.1, 0.15) is 11.0 Å². The van der Waals surface area contributed by atoms with Crippen molar-refractivity contribution >= 4 is 23.3 Å². The zero-order chi connectivity index (χ0) is 24.5. The molecule has 1 amide bonds. The van der Waals surface area contributed by atoms with Crippen LogP contribution in [0, 0.1) is 13.8 Å². The summed E-state index contributed by atoms with van der Waals surface area (Å²) in [6.07, 6.45) is -2.92. The van der Waals surface area contributed by atoms with Gasteiger partial charge in [-0.1, -0.05) is 41.4 Å². The van der Waals surface area contributed by atoms with Gasteiger partial charge in [-0.25, -0.2) is 9.67 Å². The van der Waals surface area contributed by atoms with Crippen LogP contribution in [0.3, 0.4) is 0 Å². The minimum atomic E-state index is -4.42. The second-order valence-electron chi connectivity index (χ2n) is 8.43. The van der Waals surface area contributed by atoms with Gasteiger partial charge in [-0.3, -0.25) is 4.79 Å². The normalized spacial score (nSPS) is 14.9. The van der Waals surface area contributed by atoms with E-state index in [4.69, 9.17) is 11.6 Å². The molecule has 1 saturated heterocycles. The van der Waals surface area contributed by atoms with Crippen molar-refractivity contribution in [2.75, 3.05) is 31.1 Å². The highest BCUT2D eigenvalue weighted by Crippen LogP contribution is 2.30. The van der Waals surface area contributed by atoms with Gasteiger partial charge < -0.3 is 9.80 Å². The molecule has 34 heavy (non-hydrogen) atoms. The van der Waals surface area contributed by atoms with Crippen LogP contribution >= 0.6 is 11.6 Å². The molecule has 0 unspecified atom stereocenters. The molecule has 0 atom stereocenters. The van der Waals surface area contributed by atoms with Crippen molar-refractivity contribution < 1.29 is 18.0 Å². The molecule has 2 aromatic heterocycles. The molecule has 3 aromatic rings. The van der Waals surface area contributed by atoms with Crippen LogP contribution in [0.5, 0.6) is 0 Å². The Morgan fingerprint density at radius 3 is 2.41 bits per heavy atom. The molecule has 0 saturated carbocycles. The van der Waals surface area contributed by atoms with Gasteiger partial charge in [-0.2, -0.15) is 18.3 Å². The third-order valence-electron chi connectivity index (χ3n) is 5.91. The number of pyridine rings is 1. The summed E-state index contributed by atoms with van der Waals surface area (Å²) in [5.74, 6) is 0.266. The highest BCUT2D eigenvalue weighted by Gasteiger charge is 2.31. The van der Waals surface area contributed by atoms with E-state index < -0.39 is 11.7 Å². The van der Waals surface area contributed by atoms with Gasteiger partial charge >= 0.3 is 6.18 Å². The van der Waals surface area contributed by atoms with Gasteiger partial charge in [0, 0.05) is 32.4 Å². The van der Waals surface area contributed by atoms with Crippen LogP contribution in [0.15, 0.2) is 42.6 Å². The molecule has 1 aliphatic heterocycles. The van der Waals surface area contributed by atoms with E-state index >= 15 is 0 Å². The summed E-state index contributed by atoms with van der Waals surface area (Å²) in [5.41, 5.74) is 2.35. The Bertz CT molecular complexity index is 1160. The van der Waals surface area contributed by atoms with E-state index in [-0.39, 0.29) is 5.91 Å². The molecule has 1 aromatic carbocycles. The van der Waals surface area contributed by atoms with Crippen LogP contribution in [-0.4, -0.2) is 51.8 Å². The van der Waals surface area contributed by atoms with Crippen molar-refractivity contribution in [2.24, 2.45) is 0 Å². The minimum Gasteiger partial charge on any atom is -0.355 e. The van der Waals surface area contributed by atoms with Crippen molar-refractivity contribution in [1.82, 2.24) is 19.7 Å². The number of hydrogen-bond donors (Lipinski definition) is 0. The molecule has 6 nitrogen and oxygen atoms in total. The Labute approximate surface area is 200 Å². The largest absolute Gasteiger partial charge is 0.417 e. The highest BCUT2D eigenvalue weighted by molar-refractivity contribution is 6.33. The highest BCUT2D eigenvalue weighted by atomic mass is 35.5. The van der Waals surface area contributed by atoms with E-state index in [1.807, 2.05) is 36.1 Å². The number of aromatic nitrogens is 3. The van der Waals surface area contributed by atoms with Crippen molar-refractivity contribution in [2.45, 2.75) is 33.0 Å². The van der Waals surface area contributed by atoms with Crippen LogP contribution in [-0.2, 0) is 12.7 Å². The maximum atomic E-state index is 13.3. The zero-order valence-electron chi connectivity index (χ0n) is 18.9. The first-order valence-corrected chi connectivity index (χ1v) is 11.4. The molecule has 180 valence electrons. The molecule has 0 bridgehead atoms. The first kappa shape index (κ1) is 24.1. The van der Waals surface area contributed by atoms with E-state index in [9.17, 15) is 18.0 Å². The summed E-state index contributed by atoms with van der Waals surface area (Å²) in [5, 5.41) is 4.78. The number of anilines is 1. The van der Waals surface area contributed by atoms with Crippen molar-refractivity contribution in [3.05, 3.63) is 75.7 Å². The minimum absolute atomic E-state index is 0.195. The van der Waals surface area contributed by atoms with E-state index in [0.717, 1.165) is 23.4 Å². The number of nitrogens with zero attached hydrogens (tertiary/aromatic N) is 5. The molecule has 0 radical (unpaired) electrons. The molecule has 10 heteroatoms. The Balaban J connectivity index is 1.45. The third kappa shape index (κ3) is 5.19. The molecule has 4 rings (SSSR count). The summed E-state index contributed by atoms with van der Waals surface area (Å²) in [6, 6.07) is 10.4. The summed E-state index contributed by atoms with van der Waals surface area (Å²) in [7, 11) is 0. The Morgan fingerprint density at radius 1 is 1.03 bits per heavy atom. The van der Waals surface area contributed by atoms with Crippen molar-refractivity contribution in [3.63, 3.8) is 0 Å². The van der Waals surface area contributed by atoms with Gasteiger partial charge in [-0.05, 0) is 38.0 Å². The summed E-state index contributed by atoms with van der Waals surface area (Å²) < 4.78 is 40.1. The Hall–Kier alpha value is -3.07. The fraction of sp³-hybridized carbons (Fsp3) is 0.375. The molecule has 0 aliphatic carbocycles. The van der Waals surface area contributed by atoms with Gasteiger partial charge in [0.2, 0.25) is 0 Å². The predicted molar refractivity (Wildman–Crippen MR) is 124 cm³/mol. The molecule has 3 heterocycles. The van der Waals surface area contributed by atoms with Crippen molar-refractivity contribution in [1.29, 1.82) is 0 Å². The maximum Gasteiger partial charge on any atom is 0.417 e. The molecular weight excluding hydrogens is 467 g/mol. The second kappa shape index (κ2) is 9.66. The number of benzene rings is 1. The van der Waals surface area contributed by atoms with Crippen LogP contribution in [0.25, 0.3) is 0 Å². The van der Waals surface area contributed by atoms with E-state index in [1.54, 1.807) is 16.5 Å². The fourth-order valence-electron chi connectivity index (χ4n) is 4.02. The monoisotopic (exact) mass is 491 g/mol. The summed E-state index contributed by atoms with van der Waals surface area (Å²) in [4.78, 5) is 20.9. The lowest BCUT2D eigenvalue weighted by Crippen LogP contribution is -2.35. The molecule has 1 fully saturated rings. The van der Waals surface area contributed by atoms with Crippen LogP contribution in [0.2, 0.25) is 5.15 Å². The van der Waals surface area contributed by atoms with Crippen LogP contribution in [0.1, 0.15) is 39.2 Å². The topological polar surface area (TPSA) is 54.3 Å². The first-order valence-electron chi connectivity index (χ1n) is 11.0. The second-order valence-corrected chi connectivity index (χ2v) is 8.79. The standard InChI is InChI=1S/C24H25ClF3N5O/c1-16-4-6-18(7-5-16)15-33-22(25)21(17(2)30-33)23(34)32-11-3-10-31(12-13-32)20-9-8-19(14-29-20)24(26,27)28/h4-9,14H,3,10-13,15H2,1-2H3. The lowest BCUT2D eigenvalue weighted by Gasteiger charge is -2.23. The number of amides is 1. The number of rotatable bonds is 4. The van der Waals surface area contributed by atoms with E-state index in [0.29, 0.717) is 61.4 Å². The number of aryl methyl sites for hydroxylation is 2. The quantitative estimate of drug-likeness (QED) is 0.517. The lowest BCUT2D eigenvalue weighted by molar-refractivity contribution is -0.137. The molecule has 0 N–H and O–H groups in total. The zero-order valence-corrected chi connectivity index (χ0v) is 19.7.